The van der Waals surface area contributed by atoms with Crippen LogP contribution in [-0.4, -0.2) is 68.9 Å². The molecular formula is C20H32O7Si. The van der Waals surface area contributed by atoms with E-state index in [2.05, 4.69) is 33.9 Å². The van der Waals surface area contributed by atoms with Gasteiger partial charge in [0.1, 0.15) is 31.0 Å². The lowest BCUT2D eigenvalue weighted by Gasteiger charge is -2.47. The van der Waals surface area contributed by atoms with Gasteiger partial charge < -0.3 is 28.8 Å². The van der Waals surface area contributed by atoms with Crippen molar-refractivity contribution in [3.8, 4) is 0 Å². The van der Waals surface area contributed by atoms with E-state index in [4.69, 9.17) is 18.6 Å². The molecule has 1 aliphatic heterocycles. The number of rotatable bonds is 6. The lowest BCUT2D eigenvalue weighted by atomic mass is 9.99. The highest BCUT2D eigenvalue weighted by Gasteiger charge is 2.50. The predicted molar refractivity (Wildman–Crippen MR) is 106 cm³/mol. The number of ether oxygens (including phenoxy) is 3. The van der Waals surface area contributed by atoms with Crippen molar-refractivity contribution in [1.82, 2.24) is 0 Å². The summed E-state index contributed by atoms with van der Waals surface area (Å²) in [7, 11) is -0.831. The van der Waals surface area contributed by atoms with Crippen molar-refractivity contribution < 1.29 is 33.6 Å². The van der Waals surface area contributed by atoms with E-state index < -0.39 is 45.0 Å². The number of aliphatic hydroxyl groups excluding tert-OH is 2. The summed E-state index contributed by atoms with van der Waals surface area (Å²) >= 11 is 0. The summed E-state index contributed by atoms with van der Waals surface area (Å²) in [6.07, 6.45) is -4.99. The van der Waals surface area contributed by atoms with E-state index in [1.165, 1.54) is 7.11 Å². The van der Waals surface area contributed by atoms with Gasteiger partial charge in [0.2, 0.25) is 0 Å². The zero-order valence-corrected chi connectivity index (χ0v) is 18.4. The highest BCUT2D eigenvalue weighted by Crippen LogP contribution is 2.39. The summed E-state index contributed by atoms with van der Waals surface area (Å²) in [6, 6.07) is 8.55. The van der Waals surface area contributed by atoms with Gasteiger partial charge >= 0.3 is 5.97 Å². The third-order valence-electron chi connectivity index (χ3n) is 5.53. The largest absolute Gasteiger partial charge is 0.459 e. The average molecular weight is 413 g/mol. The Bertz CT molecular complexity index is 644. The molecule has 7 nitrogen and oxygen atoms in total. The quantitative estimate of drug-likeness (QED) is 0.547. The summed E-state index contributed by atoms with van der Waals surface area (Å²) in [5, 5.41) is 21.1. The third-order valence-corrected chi connectivity index (χ3v) is 10.0. The summed E-state index contributed by atoms with van der Waals surface area (Å²) in [5.74, 6) is -0.526. The van der Waals surface area contributed by atoms with E-state index in [9.17, 15) is 15.0 Å². The maximum absolute atomic E-state index is 12.2. The summed E-state index contributed by atoms with van der Waals surface area (Å²) in [5.41, 5.74) is 0.400. The van der Waals surface area contributed by atoms with Crippen LogP contribution >= 0.6 is 0 Å². The van der Waals surface area contributed by atoms with Crippen molar-refractivity contribution in [2.45, 2.75) is 69.6 Å². The minimum Gasteiger partial charge on any atom is -0.459 e. The number of hydrogen-bond donors (Lipinski definition) is 2. The molecule has 1 heterocycles. The lowest BCUT2D eigenvalue weighted by molar-refractivity contribution is -0.288. The number of hydrogen-bond acceptors (Lipinski definition) is 7. The van der Waals surface area contributed by atoms with E-state index in [1.807, 2.05) is 0 Å². The van der Waals surface area contributed by atoms with Gasteiger partial charge in [0.05, 0.1) is 5.56 Å². The third kappa shape index (κ3) is 5.19. The highest BCUT2D eigenvalue weighted by atomic mass is 28.4. The van der Waals surface area contributed by atoms with Crippen molar-refractivity contribution in [1.29, 1.82) is 0 Å². The predicted octanol–water partition coefficient (Wildman–Crippen LogP) is 2.33. The van der Waals surface area contributed by atoms with Gasteiger partial charge in [-0.05, 0) is 30.3 Å². The minimum absolute atomic E-state index is 0.0937. The molecule has 28 heavy (non-hydrogen) atoms. The Balaban J connectivity index is 2.11. The molecule has 0 spiro atoms. The molecule has 0 bridgehead atoms. The lowest BCUT2D eigenvalue weighted by Crippen LogP contribution is -2.63. The second-order valence-electron chi connectivity index (χ2n) is 8.56. The molecule has 1 aliphatic rings. The molecule has 158 valence electrons. The van der Waals surface area contributed by atoms with Crippen molar-refractivity contribution in [3.63, 3.8) is 0 Å². The van der Waals surface area contributed by atoms with Gasteiger partial charge in [-0.1, -0.05) is 39.0 Å². The van der Waals surface area contributed by atoms with Gasteiger partial charge in [-0.3, -0.25) is 0 Å². The Morgan fingerprint density at radius 1 is 1.14 bits per heavy atom. The molecule has 0 aromatic heterocycles. The van der Waals surface area contributed by atoms with E-state index in [0.717, 1.165) is 0 Å². The number of aliphatic hydroxyl groups is 2. The zero-order chi connectivity index (χ0) is 21.1. The van der Waals surface area contributed by atoms with Gasteiger partial charge in [0, 0.05) is 7.11 Å². The summed E-state index contributed by atoms with van der Waals surface area (Å²) in [4.78, 5) is 12.2. The van der Waals surface area contributed by atoms with Crippen LogP contribution < -0.4 is 0 Å². The van der Waals surface area contributed by atoms with Crippen molar-refractivity contribution in [3.05, 3.63) is 35.9 Å². The molecule has 1 fully saturated rings. The topological polar surface area (TPSA) is 94.5 Å². The molecule has 2 rings (SSSR count). The molecule has 1 saturated heterocycles. The van der Waals surface area contributed by atoms with Crippen LogP contribution in [0.5, 0.6) is 0 Å². The Hall–Kier alpha value is -1.29. The average Bonchev–Trinajstić information content (AvgIpc) is 2.62. The first kappa shape index (κ1) is 23.0. The molecule has 0 aliphatic carbocycles. The van der Waals surface area contributed by atoms with Crippen LogP contribution in [0.1, 0.15) is 31.1 Å². The van der Waals surface area contributed by atoms with E-state index >= 15 is 0 Å². The second kappa shape index (κ2) is 9.02. The number of benzene rings is 1. The smallest absolute Gasteiger partial charge is 0.338 e. The van der Waals surface area contributed by atoms with Crippen molar-refractivity contribution in [2.75, 3.05) is 13.7 Å². The molecular weight excluding hydrogens is 380 g/mol. The standard InChI is InChI=1S/C20H32O7Si/c1-20(2,3)28(5,6)27-16-15(21)14(26-19(23)17(16)24-4)12-25-18(22)13-10-8-7-9-11-13/h7-11,14-17,19,21,23H,12H2,1-6H3/t14-,15-,16-,17+,19+/m1/s1. The maximum atomic E-state index is 12.2. The van der Waals surface area contributed by atoms with E-state index in [1.54, 1.807) is 30.3 Å². The number of esters is 1. The monoisotopic (exact) mass is 412 g/mol. The zero-order valence-electron chi connectivity index (χ0n) is 17.4. The highest BCUT2D eigenvalue weighted by molar-refractivity contribution is 6.74. The Morgan fingerprint density at radius 3 is 2.29 bits per heavy atom. The van der Waals surface area contributed by atoms with Crippen LogP contribution in [0.25, 0.3) is 0 Å². The molecule has 5 atom stereocenters. The van der Waals surface area contributed by atoms with Gasteiger partial charge in [-0.25, -0.2) is 4.79 Å². The molecule has 1 aromatic rings. The fraction of sp³-hybridized carbons (Fsp3) is 0.650. The van der Waals surface area contributed by atoms with E-state index in [0.29, 0.717) is 5.56 Å². The summed E-state index contributed by atoms with van der Waals surface area (Å²) in [6.45, 7) is 10.2. The fourth-order valence-electron chi connectivity index (χ4n) is 2.76. The normalized spacial score (nSPS) is 28.8. The van der Waals surface area contributed by atoms with Crippen LogP contribution in [0.15, 0.2) is 30.3 Å². The summed E-state index contributed by atoms with van der Waals surface area (Å²) < 4.78 is 22.4. The molecule has 0 amide bonds. The maximum Gasteiger partial charge on any atom is 0.338 e. The molecule has 1 aromatic carbocycles. The Labute approximate surface area is 167 Å². The van der Waals surface area contributed by atoms with Gasteiger partial charge in [0.15, 0.2) is 14.6 Å². The minimum atomic E-state index is -2.26. The number of methoxy groups -OCH3 is 1. The van der Waals surface area contributed by atoms with Crippen molar-refractivity contribution >= 4 is 14.3 Å². The first-order chi connectivity index (χ1) is 13.0. The number of carbonyl (C=O) groups excluding carboxylic acids is 1. The van der Waals surface area contributed by atoms with E-state index in [-0.39, 0.29) is 11.6 Å². The molecule has 2 N–H and O–H groups in total. The SMILES string of the molecule is CO[C@H]1[C@H](O[Si](C)(C)C(C)(C)C)[C@H](O)[C@@H](COC(=O)c2ccccc2)O[C@@H]1O. The van der Waals surface area contributed by atoms with Gasteiger partial charge in [0.25, 0.3) is 0 Å². The van der Waals surface area contributed by atoms with Crippen LogP contribution in [0.4, 0.5) is 0 Å². The fourth-order valence-corrected chi connectivity index (χ4v) is 4.07. The second-order valence-corrected chi connectivity index (χ2v) is 13.3. The van der Waals surface area contributed by atoms with Crippen LogP contribution in [0.3, 0.4) is 0 Å². The molecule has 8 heteroatoms. The molecule has 0 saturated carbocycles. The first-order valence-corrected chi connectivity index (χ1v) is 12.3. The Kier molecular flexibility index (Phi) is 7.41. The Morgan fingerprint density at radius 2 is 1.75 bits per heavy atom. The van der Waals surface area contributed by atoms with Crippen LogP contribution in [0.2, 0.25) is 18.1 Å². The van der Waals surface area contributed by atoms with Gasteiger partial charge in [-0.2, -0.15) is 0 Å². The molecule has 0 unspecified atom stereocenters. The molecule has 0 radical (unpaired) electrons. The van der Waals surface area contributed by atoms with Crippen LogP contribution in [-0.2, 0) is 18.6 Å². The van der Waals surface area contributed by atoms with Crippen LogP contribution in [0, 0.1) is 0 Å². The van der Waals surface area contributed by atoms with Crippen molar-refractivity contribution in [2.24, 2.45) is 0 Å². The number of carbonyl (C=O) groups is 1. The van der Waals surface area contributed by atoms with Gasteiger partial charge in [-0.15, -0.1) is 0 Å². The first-order valence-electron chi connectivity index (χ1n) is 9.42.